The monoisotopic (exact) mass is 277 g/mol. The molecule has 1 aromatic heterocycles. The molecule has 98 valence electrons. The highest BCUT2D eigenvalue weighted by Crippen LogP contribution is 2.29. The van der Waals surface area contributed by atoms with Crippen LogP contribution in [0.15, 0.2) is 46.1 Å². The number of hydrogen-bond donors (Lipinski definition) is 2. The van der Waals surface area contributed by atoms with E-state index in [0.717, 1.165) is 11.0 Å². The minimum Gasteiger partial charge on any atom is -0.335 e. The zero-order valence-corrected chi connectivity index (χ0v) is 10.9. The molecule has 0 aliphatic rings. The Hall–Kier alpha value is -2.28. The van der Waals surface area contributed by atoms with Crippen molar-refractivity contribution >= 4 is 29.0 Å². The highest BCUT2D eigenvalue weighted by molar-refractivity contribution is 7.98. The van der Waals surface area contributed by atoms with Crippen LogP contribution in [0.25, 0.3) is 0 Å². The van der Waals surface area contributed by atoms with Gasteiger partial charge in [0, 0.05) is 17.0 Å². The van der Waals surface area contributed by atoms with Crippen LogP contribution in [0.4, 0.5) is 17.2 Å². The van der Waals surface area contributed by atoms with E-state index in [1.54, 1.807) is 6.07 Å². The number of para-hydroxylation sites is 1. The van der Waals surface area contributed by atoms with Crippen molar-refractivity contribution in [1.29, 1.82) is 0 Å². The molecule has 0 amide bonds. The van der Waals surface area contributed by atoms with Gasteiger partial charge in [-0.05, 0) is 18.4 Å². The number of H-pyrrole nitrogens is 1. The number of benzene rings is 1. The second kappa shape index (κ2) is 5.57. The van der Waals surface area contributed by atoms with Crippen LogP contribution in [0, 0.1) is 10.1 Å². The predicted molar refractivity (Wildman–Crippen MR) is 75.2 cm³/mol. The Balaban J connectivity index is 2.45. The van der Waals surface area contributed by atoms with Crippen molar-refractivity contribution in [3.05, 3.63) is 56.9 Å². The van der Waals surface area contributed by atoms with Crippen molar-refractivity contribution < 1.29 is 4.92 Å². The van der Waals surface area contributed by atoms with Gasteiger partial charge in [-0.15, -0.1) is 11.8 Å². The summed E-state index contributed by atoms with van der Waals surface area (Å²) in [5.41, 5.74) is 0.144. The van der Waals surface area contributed by atoms with Crippen molar-refractivity contribution in [3.63, 3.8) is 0 Å². The van der Waals surface area contributed by atoms with Gasteiger partial charge in [0.1, 0.15) is 0 Å². The van der Waals surface area contributed by atoms with E-state index in [4.69, 9.17) is 0 Å². The van der Waals surface area contributed by atoms with Crippen LogP contribution in [-0.2, 0) is 0 Å². The van der Waals surface area contributed by atoms with Crippen LogP contribution in [0.5, 0.6) is 0 Å². The maximum absolute atomic E-state index is 11.3. The van der Waals surface area contributed by atoms with Crippen molar-refractivity contribution in [3.8, 4) is 0 Å². The Morgan fingerprint density at radius 2 is 2.00 bits per heavy atom. The first kappa shape index (κ1) is 13.2. The summed E-state index contributed by atoms with van der Waals surface area (Å²) < 4.78 is 0. The average Bonchev–Trinajstić information content (AvgIpc) is 2.39. The first-order valence-corrected chi connectivity index (χ1v) is 6.62. The van der Waals surface area contributed by atoms with Crippen molar-refractivity contribution in [2.75, 3.05) is 11.6 Å². The maximum Gasteiger partial charge on any atom is 0.309 e. The fourth-order valence-corrected chi connectivity index (χ4v) is 2.15. The number of rotatable bonds is 4. The first-order chi connectivity index (χ1) is 9.11. The average molecular weight is 277 g/mol. The molecule has 19 heavy (non-hydrogen) atoms. The number of hydrogen-bond acceptors (Lipinski definition) is 5. The van der Waals surface area contributed by atoms with E-state index in [-0.39, 0.29) is 11.5 Å². The second-order valence-corrected chi connectivity index (χ2v) is 4.51. The molecule has 0 atom stereocenters. The minimum absolute atomic E-state index is 0.0824. The number of nitro groups is 1. The van der Waals surface area contributed by atoms with Gasteiger partial charge in [-0.25, -0.2) is 0 Å². The van der Waals surface area contributed by atoms with E-state index >= 15 is 0 Å². The van der Waals surface area contributed by atoms with E-state index in [9.17, 15) is 14.9 Å². The molecule has 1 heterocycles. The van der Waals surface area contributed by atoms with Gasteiger partial charge in [0.25, 0.3) is 0 Å². The van der Waals surface area contributed by atoms with Crippen LogP contribution in [0.3, 0.4) is 0 Å². The van der Waals surface area contributed by atoms with E-state index in [0.29, 0.717) is 5.69 Å². The van der Waals surface area contributed by atoms with E-state index in [2.05, 4.69) is 10.3 Å². The molecule has 0 aliphatic carbocycles. The molecule has 2 rings (SSSR count). The fourth-order valence-electron chi connectivity index (χ4n) is 1.60. The van der Waals surface area contributed by atoms with Crippen LogP contribution >= 0.6 is 11.8 Å². The van der Waals surface area contributed by atoms with Gasteiger partial charge in [-0.2, -0.15) is 0 Å². The Morgan fingerprint density at radius 1 is 1.26 bits per heavy atom. The number of nitrogens with one attached hydrogen (secondary N) is 2. The van der Waals surface area contributed by atoms with Crippen LogP contribution in [0.1, 0.15) is 0 Å². The molecule has 0 aliphatic heterocycles. The molecule has 1 aromatic carbocycles. The van der Waals surface area contributed by atoms with Gasteiger partial charge in [-0.3, -0.25) is 14.9 Å². The van der Waals surface area contributed by atoms with E-state index < -0.39 is 10.5 Å². The molecule has 0 bridgehead atoms. The summed E-state index contributed by atoms with van der Waals surface area (Å²) in [5.74, 6) is 0.0824. The minimum atomic E-state index is -0.542. The van der Waals surface area contributed by atoms with Crippen molar-refractivity contribution in [2.24, 2.45) is 0 Å². The van der Waals surface area contributed by atoms with Crippen LogP contribution < -0.4 is 10.9 Å². The summed E-state index contributed by atoms with van der Waals surface area (Å²) in [6, 6.07) is 9.68. The lowest BCUT2D eigenvalue weighted by atomic mass is 10.3. The number of thioether (sulfide) groups is 1. The SMILES string of the molecule is CSc1ccccc1Nc1[nH]c(=O)ccc1[N+](=O)[O-]. The van der Waals surface area contributed by atoms with Crippen molar-refractivity contribution in [1.82, 2.24) is 4.98 Å². The molecule has 2 aromatic rings. The molecular weight excluding hydrogens is 266 g/mol. The molecule has 0 spiro atoms. The maximum atomic E-state index is 11.3. The zero-order chi connectivity index (χ0) is 13.8. The van der Waals surface area contributed by atoms with Crippen molar-refractivity contribution in [2.45, 2.75) is 4.90 Å². The summed E-state index contributed by atoms with van der Waals surface area (Å²) in [5, 5.41) is 13.8. The number of pyridine rings is 1. The van der Waals surface area contributed by atoms with Gasteiger partial charge in [-0.1, -0.05) is 12.1 Å². The molecule has 6 nitrogen and oxygen atoms in total. The molecular formula is C12H11N3O3S. The third kappa shape index (κ3) is 2.94. The largest absolute Gasteiger partial charge is 0.335 e. The normalized spacial score (nSPS) is 10.2. The standard InChI is InChI=1S/C12H11N3O3S/c1-19-10-5-3-2-4-8(10)13-12-9(15(17)18)6-7-11(16)14-12/h2-7H,1H3,(H2,13,14,16). The van der Waals surface area contributed by atoms with Gasteiger partial charge < -0.3 is 10.3 Å². The summed E-state index contributed by atoms with van der Waals surface area (Å²) in [4.78, 5) is 25.0. The number of nitrogens with zero attached hydrogens (tertiary/aromatic N) is 1. The fraction of sp³-hybridized carbons (Fsp3) is 0.0833. The number of aromatic amines is 1. The molecule has 0 fully saturated rings. The Bertz CT molecular complexity index is 669. The quantitative estimate of drug-likeness (QED) is 0.509. The van der Waals surface area contributed by atoms with E-state index in [1.165, 1.54) is 17.8 Å². The Labute approximate surface area is 113 Å². The van der Waals surface area contributed by atoms with Gasteiger partial charge in [0.2, 0.25) is 5.56 Å². The zero-order valence-electron chi connectivity index (χ0n) is 10.0. The van der Waals surface area contributed by atoms with Crippen LogP contribution in [0.2, 0.25) is 0 Å². The highest BCUT2D eigenvalue weighted by atomic mass is 32.2. The van der Waals surface area contributed by atoms with E-state index in [1.807, 2.05) is 24.5 Å². The molecule has 2 N–H and O–H groups in total. The lowest BCUT2D eigenvalue weighted by molar-refractivity contribution is -0.384. The topological polar surface area (TPSA) is 88.0 Å². The van der Waals surface area contributed by atoms with Gasteiger partial charge >= 0.3 is 5.69 Å². The summed E-state index contributed by atoms with van der Waals surface area (Å²) in [7, 11) is 0. The summed E-state index contributed by atoms with van der Waals surface area (Å²) in [6.07, 6.45) is 1.91. The smallest absolute Gasteiger partial charge is 0.309 e. The molecule has 0 saturated carbocycles. The highest BCUT2D eigenvalue weighted by Gasteiger charge is 2.15. The third-order valence-corrected chi connectivity index (χ3v) is 3.26. The molecule has 0 radical (unpaired) electrons. The molecule has 0 saturated heterocycles. The lowest BCUT2D eigenvalue weighted by Gasteiger charge is -2.09. The lowest BCUT2D eigenvalue weighted by Crippen LogP contribution is -2.09. The number of anilines is 2. The Kier molecular flexibility index (Phi) is 3.86. The second-order valence-electron chi connectivity index (χ2n) is 3.67. The first-order valence-electron chi connectivity index (χ1n) is 5.39. The van der Waals surface area contributed by atoms with Gasteiger partial charge in [0.15, 0.2) is 5.82 Å². The summed E-state index contributed by atoms with van der Waals surface area (Å²) >= 11 is 1.51. The third-order valence-electron chi connectivity index (χ3n) is 2.46. The van der Waals surface area contributed by atoms with Gasteiger partial charge in [0.05, 0.1) is 10.6 Å². The Morgan fingerprint density at radius 3 is 2.68 bits per heavy atom. The molecule has 7 heteroatoms. The predicted octanol–water partition coefficient (Wildman–Crippen LogP) is 2.75. The number of aromatic nitrogens is 1. The molecule has 0 unspecified atom stereocenters. The van der Waals surface area contributed by atoms with Crippen LogP contribution in [-0.4, -0.2) is 16.2 Å². The summed E-state index contributed by atoms with van der Waals surface area (Å²) in [6.45, 7) is 0.